The standard InChI is InChI=1S/C26H32F2O/c1-3-6-19-9-13-21(14-10-19)22-15-11-20(12-16-22)7-4-5-8-23-17-18-24(29-2)26(28)25(23)27/h4,7,9-10,13-14,17-18,20,22H,3,5-6,8,11-12,15-16H2,1-2H3/b7-4+. The van der Waals surface area contributed by atoms with E-state index in [1.54, 1.807) is 6.07 Å². The maximum Gasteiger partial charge on any atom is 0.200 e. The molecule has 0 bridgehead atoms. The monoisotopic (exact) mass is 398 g/mol. The molecule has 3 rings (SSSR count). The van der Waals surface area contributed by atoms with Gasteiger partial charge in [0, 0.05) is 0 Å². The van der Waals surface area contributed by atoms with Crippen molar-refractivity contribution in [3.63, 3.8) is 0 Å². The van der Waals surface area contributed by atoms with Crippen molar-refractivity contribution in [1.29, 1.82) is 0 Å². The predicted octanol–water partition coefficient (Wildman–Crippen LogP) is 7.39. The van der Waals surface area contributed by atoms with Crippen LogP contribution in [0.4, 0.5) is 8.78 Å². The number of methoxy groups -OCH3 is 1. The van der Waals surface area contributed by atoms with E-state index in [4.69, 9.17) is 4.74 Å². The van der Waals surface area contributed by atoms with Crippen molar-refractivity contribution in [2.24, 2.45) is 5.92 Å². The van der Waals surface area contributed by atoms with Crippen molar-refractivity contribution < 1.29 is 13.5 Å². The molecule has 0 amide bonds. The minimum Gasteiger partial charge on any atom is -0.494 e. The molecule has 0 saturated heterocycles. The van der Waals surface area contributed by atoms with Crippen molar-refractivity contribution in [3.05, 3.63) is 76.9 Å². The summed E-state index contributed by atoms with van der Waals surface area (Å²) < 4.78 is 32.6. The Morgan fingerprint density at radius 1 is 0.931 bits per heavy atom. The number of rotatable bonds is 8. The fourth-order valence-electron chi connectivity index (χ4n) is 4.34. The molecule has 1 nitrogen and oxygen atoms in total. The highest BCUT2D eigenvalue weighted by Crippen LogP contribution is 2.36. The van der Waals surface area contributed by atoms with Crippen molar-refractivity contribution in [2.75, 3.05) is 7.11 Å². The summed E-state index contributed by atoms with van der Waals surface area (Å²) in [6.45, 7) is 2.22. The molecule has 156 valence electrons. The lowest BCUT2D eigenvalue weighted by atomic mass is 9.78. The third-order valence-electron chi connectivity index (χ3n) is 6.10. The van der Waals surface area contributed by atoms with E-state index in [2.05, 4.69) is 43.3 Å². The molecule has 1 aliphatic rings. The first-order chi connectivity index (χ1) is 14.1. The Bertz CT molecular complexity index is 802. The fourth-order valence-corrected chi connectivity index (χ4v) is 4.34. The highest BCUT2D eigenvalue weighted by Gasteiger charge is 2.20. The summed E-state index contributed by atoms with van der Waals surface area (Å²) in [6, 6.07) is 12.3. The Hall–Kier alpha value is -2.16. The molecule has 0 atom stereocenters. The SMILES string of the molecule is CCCc1ccc(C2CCC(/C=C/CCc3ccc(OC)c(F)c3F)CC2)cc1. The van der Waals surface area contributed by atoms with E-state index in [-0.39, 0.29) is 5.75 Å². The maximum atomic E-state index is 14.0. The van der Waals surface area contributed by atoms with Crippen LogP contribution in [0.2, 0.25) is 0 Å². The molecular formula is C26H32F2O. The zero-order chi connectivity index (χ0) is 20.6. The van der Waals surface area contributed by atoms with E-state index in [1.165, 1.54) is 56.4 Å². The fraction of sp³-hybridized carbons (Fsp3) is 0.462. The van der Waals surface area contributed by atoms with Crippen LogP contribution in [0.1, 0.15) is 68.1 Å². The van der Waals surface area contributed by atoms with Gasteiger partial charge in [-0.3, -0.25) is 0 Å². The maximum absolute atomic E-state index is 14.0. The molecule has 1 saturated carbocycles. The summed E-state index contributed by atoms with van der Waals surface area (Å²) in [5.74, 6) is -0.452. The highest BCUT2D eigenvalue weighted by atomic mass is 19.2. The van der Waals surface area contributed by atoms with Gasteiger partial charge in [0.1, 0.15) is 0 Å². The van der Waals surface area contributed by atoms with Gasteiger partial charge in [0.05, 0.1) is 7.11 Å². The van der Waals surface area contributed by atoms with E-state index >= 15 is 0 Å². The van der Waals surface area contributed by atoms with Gasteiger partial charge in [-0.15, -0.1) is 0 Å². The topological polar surface area (TPSA) is 9.23 Å². The Kier molecular flexibility index (Phi) is 7.85. The normalized spacial score (nSPS) is 19.6. The highest BCUT2D eigenvalue weighted by molar-refractivity contribution is 5.31. The molecule has 0 unspecified atom stereocenters. The van der Waals surface area contributed by atoms with Gasteiger partial charge < -0.3 is 4.74 Å². The smallest absolute Gasteiger partial charge is 0.200 e. The number of ether oxygens (including phenoxy) is 1. The van der Waals surface area contributed by atoms with Crippen LogP contribution in [0.25, 0.3) is 0 Å². The summed E-state index contributed by atoms with van der Waals surface area (Å²) in [5, 5.41) is 0. The van der Waals surface area contributed by atoms with Crippen molar-refractivity contribution in [2.45, 2.75) is 64.2 Å². The van der Waals surface area contributed by atoms with E-state index in [0.29, 0.717) is 23.8 Å². The van der Waals surface area contributed by atoms with Crippen LogP contribution < -0.4 is 4.74 Å². The molecule has 1 fully saturated rings. The summed E-state index contributed by atoms with van der Waals surface area (Å²) >= 11 is 0. The zero-order valence-corrected chi connectivity index (χ0v) is 17.6. The molecule has 29 heavy (non-hydrogen) atoms. The van der Waals surface area contributed by atoms with E-state index in [0.717, 1.165) is 12.8 Å². The van der Waals surface area contributed by atoms with Crippen molar-refractivity contribution in [3.8, 4) is 5.75 Å². The van der Waals surface area contributed by atoms with E-state index in [9.17, 15) is 8.78 Å². The van der Waals surface area contributed by atoms with Crippen molar-refractivity contribution in [1.82, 2.24) is 0 Å². The number of halogens is 2. The first-order valence-corrected chi connectivity index (χ1v) is 10.9. The molecular weight excluding hydrogens is 366 g/mol. The van der Waals surface area contributed by atoms with Crippen LogP contribution in [0.15, 0.2) is 48.6 Å². The average molecular weight is 399 g/mol. The Morgan fingerprint density at radius 2 is 1.66 bits per heavy atom. The van der Waals surface area contributed by atoms with Crippen LogP contribution in [0.5, 0.6) is 5.75 Å². The average Bonchev–Trinajstić information content (AvgIpc) is 2.75. The molecule has 2 aromatic rings. The van der Waals surface area contributed by atoms with Crippen LogP contribution in [0, 0.1) is 17.6 Å². The summed E-state index contributed by atoms with van der Waals surface area (Å²) in [4.78, 5) is 0. The summed E-state index contributed by atoms with van der Waals surface area (Å²) in [7, 11) is 1.34. The summed E-state index contributed by atoms with van der Waals surface area (Å²) in [5.41, 5.74) is 3.31. The molecule has 1 aliphatic carbocycles. The minimum absolute atomic E-state index is 0.0430. The third-order valence-corrected chi connectivity index (χ3v) is 6.10. The van der Waals surface area contributed by atoms with Gasteiger partial charge in [0.15, 0.2) is 11.6 Å². The Morgan fingerprint density at radius 3 is 2.31 bits per heavy atom. The number of hydrogen-bond donors (Lipinski definition) is 0. The van der Waals surface area contributed by atoms with Crippen LogP contribution in [-0.4, -0.2) is 7.11 Å². The van der Waals surface area contributed by atoms with Gasteiger partial charge in [-0.1, -0.05) is 55.8 Å². The Balaban J connectivity index is 1.45. The first-order valence-electron chi connectivity index (χ1n) is 10.9. The molecule has 0 aliphatic heterocycles. The lowest BCUT2D eigenvalue weighted by molar-refractivity contribution is 0.370. The molecule has 0 aromatic heterocycles. The Labute approximate surface area is 173 Å². The molecule has 0 N–H and O–H groups in total. The largest absolute Gasteiger partial charge is 0.494 e. The van der Waals surface area contributed by atoms with E-state index in [1.807, 2.05) is 0 Å². The van der Waals surface area contributed by atoms with Gasteiger partial charge >= 0.3 is 0 Å². The first kappa shape index (κ1) is 21.5. The quantitative estimate of drug-likeness (QED) is 0.421. The number of allylic oxidation sites excluding steroid dienone is 2. The van der Waals surface area contributed by atoms with Crippen LogP contribution >= 0.6 is 0 Å². The van der Waals surface area contributed by atoms with Gasteiger partial charge in [-0.2, -0.15) is 4.39 Å². The van der Waals surface area contributed by atoms with Crippen LogP contribution in [-0.2, 0) is 12.8 Å². The van der Waals surface area contributed by atoms with Gasteiger partial charge in [-0.05, 0) is 79.5 Å². The molecule has 0 heterocycles. The predicted molar refractivity (Wildman–Crippen MR) is 116 cm³/mol. The lowest BCUT2D eigenvalue weighted by Gasteiger charge is -2.27. The molecule has 0 spiro atoms. The third kappa shape index (κ3) is 5.68. The second-order valence-electron chi connectivity index (χ2n) is 8.13. The summed E-state index contributed by atoms with van der Waals surface area (Å²) in [6.07, 6.45) is 12.8. The van der Waals surface area contributed by atoms with Gasteiger partial charge in [0.2, 0.25) is 5.82 Å². The number of hydrogen-bond acceptors (Lipinski definition) is 1. The second-order valence-corrected chi connectivity index (χ2v) is 8.13. The van der Waals surface area contributed by atoms with Gasteiger partial charge in [-0.25, -0.2) is 4.39 Å². The number of aryl methyl sites for hydroxylation is 2. The molecule has 0 radical (unpaired) electrons. The number of benzene rings is 2. The second kappa shape index (κ2) is 10.6. The van der Waals surface area contributed by atoms with Crippen LogP contribution in [0.3, 0.4) is 0 Å². The molecule has 3 heteroatoms. The van der Waals surface area contributed by atoms with Crippen molar-refractivity contribution >= 4 is 0 Å². The lowest BCUT2D eigenvalue weighted by Crippen LogP contribution is -2.11. The minimum atomic E-state index is -0.893. The zero-order valence-electron chi connectivity index (χ0n) is 17.6. The van der Waals surface area contributed by atoms with Gasteiger partial charge in [0.25, 0.3) is 0 Å². The van der Waals surface area contributed by atoms with E-state index < -0.39 is 11.6 Å². The molecule has 2 aromatic carbocycles.